The number of pyridine rings is 1. The number of nitrogen functional groups attached to an aromatic ring is 1. The van der Waals surface area contributed by atoms with Gasteiger partial charge >= 0.3 is 0 Å². The molecular weight excluding hydrogens is 238 g/mol. The van der Waals surface area contributed by atoms with Crippen LogP contribution in [0.3, 0.4) is 0 Å². The van der Waals surface area contributed by atoms with E-state index in [0.29, 0.717) is 5.82 Å². The molecule has 0 atom stereocenters. The average molecular weight is 254 g/mol. The average Bonchev–Trinajstić information content (AvgIpc) is 2.58. The van der Waals surface area contributed by atoms with Crippen molar-refractivity contribution in [3.8, 4) is 0 Å². The third-order valence-electron chi connectivity index (χ3n) is 3.28. The molecule has 0 saturated carbocycles. The number of nitrogens with one attached hydrogen (secondary N) is 1. The van der Waals surface area contributed by atoms with Crippen LogP contribution in [0.25, 0.3) is 11.0 Å². The first-order valence-corrected chi connectivity index (χ1v) is 5.41. The molecule has 1 saturated heterocycles. The van der Waals surface area contributed by atoms with E-state index < -0.39 is 0 Å². The van der Waals surface area contributed by atoms with E-state index in [4.69, 9.17) is 5.73 Å². The third-order valence-corrected chi connectivity index (χ3v) is 3.28. The molecule has 0 spiro atoms. The Morgan fingerprint density at radius 3 is 2.76 bits per heavy atom. The number of anilines is 1. The van der Waals surface area contributed by atoms with Gasteiger partial charge in [-0.1, -0.05) is 0 Å². The zero-order valence-corrected chi connectivity index (χ0v) is 10.7. The molecule has 92 valence electrons. The van der Waals surface area contributed by atoms with Gasteiger partial charge in [0.2, 0.25) is 0 Å². The van der Waals surface area contributed by atoms with Crippen molar-refractivity contribution < 1.29 is 0 Å². The van der Waals surface area contributed by atoms with Gasteiger partial charge in [0.25, 0.3) is 0 Å². The lowest BCUT2D eigenvalue weighted by molar-refractivity contribution is 0.207. The molecule has 1 aliphatic rings. The summed E-state index contributed by atoms with van der Waals surface area (Å²) < 4.78 is 2.20. The number of halogens is 1. The van der Waals surface area contributed by atoms with Crippen molar-refractivity contribution in [3.63, 3.8) is 0 Å². The molecule has 0 radical (unpaired) electrons. The minimum absolute atomic E-state index is 0. The number of hydrogen-bond donors (Lipinski definition) is 2. The van der Waals surface area contributed by atoms with Crippen molar-refractivity contribution in [1.29, 1.82) is 0 Å². The standard InChI is InChI=1S/C11H15N5.ClH/c1-7-3-8-9(10(12)15-7)14-6-16(8)11(2)4-13-5-11;/h3,6,13H,4-5H2,1-2H3,(H2,12,15);1H. The van der Waals surface area contributed by atoms with Crippen LogP contribution in [0.4, 0.5) is 5.82 Å². The second-order valence-corrected chi connectivity index (χ2v) is 4.73. The number of aromatic nitrogens is 3. The monoisotopic (exact) mass is 253 g/mol. The summed E-state index contributed by atoms with van der Waals surface area (Å²) in [6.45, 7) is 6.12. The highest BCUT2D eigenvalue weighted by Gasteiger charge is 2.34. The lowest BCUT2D eigenvalue weighted by atomic mass is 9.95. The molecule has 0 aromatic carbocycles. The molecule has 5 nitrogen and oxygen atoms in total. The van der Waals surface area contributed by atoms with Gasteiger partial charge in [0.15, 0.2) is 5.82 Å². The van der Waals surface area contributed by atoms with Crippen LogP contribution in [-0.4, -0.2) is 27.6 Å². The van der Waals surface area contributed by atoms with E-state index in [1.807, 2.05) is 19.3 Å². The number of nitrogens with zero attached hydrogens (tertiary/aromatic N) is 3. The highest BCUT2D eigenvalue weighted by Crippen LogP contribution is 2.28. The van der Waals surface area contributed by atoms with Gasteiger partial charge in [0, 0.05) is 18.8 Å². The Bertz CT molecular complexity index is 558. The van der Waals surface area contributed by atoms with E-state index in [9.17, 15) is 0 Å². The van der Waals surface area contributed by atoms with Crippen LogP contribution in [0.5, 0.6) is 0 Å². The van der Waals surface area contributed by atoms with Gasteiger partial charge in [-0.05, 0) is 19.9 Å². The molecule has 0 amide bonds. The Morgan fingerprint density at radius 2 is 2.18 bits per heavy atom. The molecule has 1 fully saturated rings. The Morgan fingerprint density at radius 1 is 1.47 bits per heavy atom. The maximum absolute atomic E-state index is 5.87. The van der Waals surface area contributed by atoms with Crippen molar-refractivity contribution in [2.24, 2.45) is 0 Å². The maximum Gasteiger partial charge on any atom is 0.151 e. The minimum Gasteiger partial charge on any atom is -0.382 e. The fraction of sp³-hybridized carbons (Fsp3) is 0.455. The van der Waals surface area contributed by atoms with Crippen molar-refractivity contribution in [3.05, 3.63) is 18.1 Å². The molecule has 0 unspecified atom stereocenters. The third kappa shape index (κ3) is 1.66. The number of imidazole rings is 1. The first-order chi connectivity index (χ1) is 7.60. The molecule has 3 N–H and O–H groups in total. The van der Waals surface area contributed by atoms with Crippen molar-refractivity contribution >= 4 is 29.3 Å². The van der Waals surface area contributed by atoms with Gasteiger partial charge < -0.3 is 15.6 Å². The van der Waals surface area contributed by atoms with Gasteiger partial charge in [0.1, 0.15) is 5.52 Å². The molecule has 1 aliphatic heterocycles. The fourth-order valence-electron chi connectivity index (χ4n) is 2.25. The van der Waals surface area contributed by atoms with Gasteiger partial charge in [-0.15, -0.1) is 12.4 Å². The summed E-state index contributed by atoms with van der Waals surface area (Å²) in [5.74, 6) is 0.518. The second kappa shape index (κ2) is 3.85. The Hall–Kier alpha value is -1.33. The number of hydrogen-bond acceptors (Lipinski definition) is 4. The first-order valence-electron chi connectivity index (χ1n) is 5.41. The summed E-state index contributed by atoms with van der Waals surface area (Å²) in [7, 11) is 0. The molecule has 3 rings (SSSR count). The van der Waals surface area contributed by atoms with Crippen LogP contribution >= 0.6 is 12.4 Å². The molecule has 6 heteroatoms. The lowest BCUT2D eigenvalue weighted by Crippen LogP contribution is -2.58. The number of fused-ring (bicyclic) bond motifs is 1. The van der Waals surface area contributed by atoms with E-state index in [-0.39, 0.29) is 17.9 Å². The summed E-state index contributed by atoms with van der Waals surface area (Å²) >= 11 is 0. The summed E-state index contributed by atoms with van der Waals surface area (Å²) in [5.41, 5.74) is 8.81. The van der Waals surface area contributed by atoms with E-state index in [1.54, 1.807) is 0 Å². The van der Waals surface area contributed by atoms with E-state index >= 15 is 0 Å². The van der Waals surface area contributed by atoms with E-state index in [0.717, 1.165) is 29.8 Å². The number of rotatable bonds is 1. The van der Waals surface area contributed by atoms with Crippen LogP contribution in [0.1, 0.15) is 12.6 Å². The van der Waals surface area contributed by atoms with Crippen molar-refractivity contribution in [1.82, 2.24) is 19.9 Å². The largest absolute Gasteiger partial charge is 0.382 e. The smallest absolute Gasteiger partial charge is 0.151 e. The molecule has 2 aromatic heterocycles. The molecule has 17 heavy (non-hydrogen) atoms. The van der Waals surface area contributed by atoms with Gasteiger partial charge in [-0.3, -0.25) is 0 Å². The van der Waals surface area contributed by atoms with Crippen LogP contribution in [0, 0.1) is 6.92 Å². The maximum atomic E-state index is 5.87. The SMILES string of the molecule is Cc1cc2c(ncn2C2(C)CNC2)c(N)n1.Cl. The molecule has 0 bridgehead atoms. The Kier molecular flexibility index (Phi) is 2.75. The van der Waals surface area contributed by atoms with Crippen LogP contribution in [0.15, 0.2) is 12.4 Å². The summed E-state index contributed by atoms with van der Waals surface area (Å²) in [6, 6.07) is 2.04. The Labute approximate surface area is 106 Å². The van der Waals surface area contributed by atoms with Crippen LogP contribution in [0.2, 0.25) is 0 Å². The molecule has 0 aliphatic carbocycles. The van der Waals surface area contributed by atoms with Crippen LogP contribution < -0.4 is 11.1 Å². The fourth-order valence-corrected chi connectivity index (χ4v) is 2.25. The minimum atomic E-state index is 0. The predicted molar refractivity (Wildman–Crippen MR) is 70.4 cm³/mol. The zero-order valence-electron chi connectivity index (χ0n) is 9.90. The van der Waals surface area contributed by atoms with Gasteiger partial charge in [0.05, 0.1) is 17.4 Å². The highest BCUT2D eigenvalue weighted by molar-refractivity contribution is 5.85. The van der Waals surface area contributed by atoms with Crippen molar-refractivity contribution in [2.75, 3.05) is 18.8 Å². The van der Waals surface area contributed by atoms with Gasteiger partial charge in [-0.2, -0.15) is 0 Å². The normalized spacial score (nSPS) is 17.5. The summed E-state index contributed by atoms with van der Waals surface area (Å²) in [4.78, 5) is 8.58. The van der Waals surface area contributed by atoms with E-state index in [2.05, 4.69) is 26.8 Å². The zero-order chi connectivity index (χ0) is 11.3. The highest BCUT2D eigenvalue weighted by atomic mass is 35.5. The predicted octanol–water partition coefficient (Wildman–Crippen LogP) is 1.06. The lowest BCUT2D eigenvalue weighted by Gasteiger charge is -2.41. The Balaban J connectivity index is 0.00000108. The number of aryl methyl sites for hydroxylation is 1. The quantitative estimate of drug-likeness (QED) is 0.798. The molecular formula is C11H16ClN5. The van der Waals surface area contributed by atoms with Crippen LogP contribution in [-0.2, 0) is 5.54 Å². The summed E-state index contributed by atoms with van der Waals surface area (Å²) in [5, 5.41) is 3.29. The topological polar surface area (TPSA) is 68.8 Å². The second-order valence-electron chi connectivity index (χ2n) is 4.73. The van der Waals surface area contributed by atoms with Crippen molar-refractivity contribution in [2.45, 2.75) is 19.4 Å². The molecule has 2 aromatic rings. The molecule has 3 heterocycles. The van der Waals surface area contributed by atoms with Gasteiger partial charge in [-0.25, -0.2) is 9.97 Å². The summed E-state index contributed by atoms with van der Waals surface area (Å²) in [6.07, 6.45) is 1.86. The van der Waals surface area contributed by atoms with E-state index in [1.165, 1.54) is 0 Å². The number of nitrogens with two attached hydrogens (primary N) is 1. The first kappa shape index (κ1) is 12.1.